The van der Waals surface area contributed by atoms with E-state index in [2.05, 4.69) is 22.0 Å². The zero-order valence-corrected chi connectivity index (χ0v) is 10.7. The second-order valence-electron chi connectivity index (χ2n) is 4.60. The van der Waals surface area contributed by atoms with Crippen LogP contribution >= 0.6 is 0 Å². The Balaban J connectivity index is 2.35. The van der Waals surface area contributed by atoms with Crippen LogP contribution in [0.3, 0.4) is 0 Å². The Hall–Kier alpha value is -1.78. The van der Waals surface area contributed by atoms with Crippen LogP contribution in [0.5, 0.6) is 0 Å². The van der Waals surface area contributed by atoms with Crippen molar-refractivity contribution in [2.45, 2.75) is 38.6 Å². The van der Waals surface area contributed by atoms with Crippen LogP contribution in [0.4, 0.5) is 5.69 Å². The summed E-state index contributed by atoms with van der Waals surface area (Å²) >= 11 is 0. The summed E-state index contributed by atoms with van der Waals surface area (Å²) in [5.74, 6) is 0.142. The number of nitrogens with two attached hydrogens (primary N) is 1. The molecule has 0 unspecified atom stereocenters. The molecular weight excluding hydrogens is 228 g/mol. The Labute approximate surface area is 107 Å². The third-order valence-electron chi connectivity index (χ3n) is 3.60. The molecule has 5 heteroatoms. The summed E-state index contributed by atoms with van der Waals surface area (Å²) in [6.07, 6.45) is 8.44. The number of rotatable bonds is 4. The second-order valence-corrected chi connectivity index (χ2v) is 4.60. The van der Waals surface area contributed by atoms with Crippen LogP contribution in [-0.2, 0) is 0 Å². The third kappa shape index (κ3) is 2.39. The van der Waals surface area contributed by atoms with Gasteiger partial charge >= 0.3 is 0 Å². The van der Waals surface area contributed by atoms with Crippen LogP contribution in [0.15, 0.2) is 23.6 Å². The Kier molecular flexibility index (Phi) is 4.02. The molecule has 1 fully saturated rings. The summed E-state index contributed by atoms with van der Waals surface area (Å²) in [6.45, 7) is 3.03. The number of hydrogen-bond acceptors (Lipinski definition) is 4. The maximum atomic E-state index is 8.86. The molecule has 98 valence electrons. The zero-order chi connectivity index (χ0) is 13.0. The van der Waals surface area contributed by atoms with E-state index >= 15 is 0 Å². The molecule has 1 aromatic rings. The van der Waals surface area contributed by atoms with E-state index in [-0.39, 0.29) is 5.84 Å². The van der Waals surface area contributed by atoms with Crippen molar-refractivity contribution in [1.82, 2.24) is 4.98 Å². The van der Waals surface area contributed by atoms with Gasteiger partial charge < -0.3 is 15.8 Å². The largest absolute Gasteiger partial charge is 0.409 e. The first kappa shape index (κ1) is 12.7. The number of hydrogen-bond donors (Lipinski definition) is 2. The fraction of sp³-hybridized carbons (Fsp3) is 0.538. The topological polar surface area (TPSA) is 74.7 Å². The predicted molar refractivity (Wildman–Crippen MR) is 72.0 cm³/mol. The van der Waals surface area contributed by atoms with E-state index < -0.39 is 0 Å². The molecule has 1 aliphatic carbocycles. The third-order valence-corrected chi connectivity index (χ3v) is 3.60. The van der Waals surface area contributed by atoms with Gasteiger partial charge in [-0.15, -0.1) is 0 Å². The minimum atomic E-state index is 0.142. The number of nitrogens with zero attached hydrogens (tertiary/aromatic N) is 3. The van der Waals surface area contributed by atoms with Gasteiger partial charge in [0.1, 0.15) is 0 Å². The van der Waals surface area contributed by atoms with Crippen molar-refractivity contribution in [1.29, 1.82) is 0 Å². The summed E-state index contributed by atoms with van der Waals surface area (Å²) in [5.41, 5.74) is 7.44. The SMILES string of the molecule is CCN(c1cnccc1/C(N)=N/O)C1CCCC1. The minimum Gasteiger partial charge on any atom is -0.409 e. The lowest BCUT2D eigenvalue weighted by Crippen LogP contribution is -2.35. The molecule has 18 heavy (non-hydrogen) atoms. The summed E-state index contributed by atoms with van der Waals surface area (Å²) in [4.78, 5) is 6.48. The van der Waals surface area contributed by atoms with E-state index in [4.69, 9.17) is 10.9 Å². The maximum absolute atomic E-state index is 8.86. The average Bonchev–Trinajstić information content (AvgIpc) is 2.93. The summed E-state index contributed by atoms with van der Waals surface area (Å²) in [7, 11) is 0. The van der Waals surface area contributed by atoms with Gasteiger partial charge in [-0.25, -0.2) is 0 Å². The number of anilines is 1. The van der Waals surface area contributed by atoms with Crippen molar-refractivity contribution in [2.75, 3.05) is 11.4 Å². The fourth-order valence-electron chi connectivity index (χ4n) is 2.73. The summed E-state index contributed by atoms with van der Waals surface area (Å²) in [5, 5.41) is 12.0. The van der Waals surface area contributed by atoms with Gasteiger partial charge in [0.2, 0.25) is 0 Å². The van der Waals surface area contributed by atoms with E-state index in [1.54, 1.807) is 18.5 Å². The standard InChI is InChI=1S/C13H20N4O/c1-2-17(10-5-3-4-6-10)12-9-15-8-7-11(12)13(14)16-18/h7-10,18H,2-6H2,1H3,(H2,14,16). The average molecular weight is 248 g/mol. The van der Waals surface area contributed by atoms with Crippen molar-refractivity contribution >= 4 is 11.5 Å². The fourth-order valence-corrected chi connectivity index (χ4v) is 2.73. The van der Waals surface area contributed by atoms with E-state index in [0.29, 0.717) is 6.04 Å². The molecule has 0 saturated heterocycles. The van der Waals surface area contributed by atoms with Gasteiger partial charge in [-0.1, -0.05) is 18.0 Å². The number of pyridine rings is 1. The van der Waals surface area contributed by atoms with Crippen LogP contribution < -0.4 is 10.6 Å². The molecule has 0 bridgehead atoms. The lowest BCUT2D eigenvalue weighted by molar-refractivity contribution is 0.318. The van der Waals surface area contributed by atoms with Crippen LogP contribution in [-0.4, -0.2) is 28.6 Å². The highest BCUT2D eigenvalue weighted by Gasteiger charge is 2.24. The van der Waals surface area contributed by atoms with Crippen molar-refractivity contribution < 1.29 is 5.21 Å². The van der Waals surface area contributed by atoms with Gasteiger partial charge in [0.05, 0.1) is 11.9 Å². The van der Waals surface area contributed by atoms with Crippen LogP contribution in [0, 0.1) is 0 Å². The molecule has 0 atom stereocenters. The maximum Gasteiger partial charge on any atom is 0.172 e. The highest BCUT2D eigenvalue weighted by Crippen LogP contribution is 2.29. The lowest BCUT2D eigenvalue weighted by Gasteiger charge is -2.31. The first-order valence-electron chi connectivity index (χ1n) is 6.46. The molecule has 1 aromatic heterocycles. The van der Waals surface area contributed by atoms with E-state index in [1.165, 1.54) is 25.7 Å². The Bertz CT molecular complexity index is 427. The predicted octanol–water partition coefficient (Wildman–Crippen LogP) is 1.95. The lowest BCUT2D eigenvalue weighted by atomic mass is 10.1. The van der Waals surface area contributed by atoms with Gasteiger partial charge in [-0.2, -0.15) is 0 Å². The molecule has 0 aromatic carbocycles. The van der Waals surface area contributed by atoms with Gasteiger partial charge in [0.25, 0.3) is 0 Å². The number of amidine groups is 1. The van der Waals surface area contributed by atoms with Gasteiger partial charge in [-0.3, -0.25) is 4.98 Å². The number of oxime groups is 1. The molecular formula is C13H20N4O. The van der Waals surface area contributed by atoms with Crippen LogP contribution in [0.25, 0.3) is 0 Å². The quantitative estimate of drug-likeness (QED) is 0.369. The molecule has 0 spiro atoms. The van der Waals surface area contributed by atoms with E-state index in [0.717, 1.165) is 17.8 Å². The summed E-state index contributed by atoms with van der Waals surface area (Å²) < 4.78 is 0. The smallest absolute Gasteiger partial charge is 0.172 e. The zero-order valence-electron chi connectivity index (χ0n) is 10.7. The molecule has 2 rings (SSSR count). The van der Waals surface area contributed by atoms with Crippen molar-refractivity contribution in [3.63, 3.8) is 0 Å². The molecule has 0 amide bonds. The van der Waals surface area contributed by atoms with Gasteiger partial charge in [0, 0.05) is 24.3 Å². The monoisotopic (exact) mass is 248 g/mol. The Morgan fingerprint density at radius 1 is 1.56 bits per heavy atom. The van der Waals surface area contributed by atoms with Crippen molar-refractivity contribution in [3.05, 3.63) is 24.0 Å². The highest BCUT2D eigenvalue weighted by molar-refractivity contribution is 6.02. The van der Waals surface area contributed by atoms with Crippen LogP contribution in [0.2, 0.25) is 0 Å². The molecule has 3 N–H and O–H groups in total. The van der Waals surface area contributed by atoms with Gasteiger partial charge in [0.15, 0.2) is 5.84 Å². The van der Waals surface area contributed by atoms with Crippen molar-refractivity contribution in [3.8, 4) is 0 Å². The molecule has 1 heterocycles. The Morgan fingerprint density at radius 3 is 2.89 bits per heavy atom. The van der Waals surface area contributed by atoms with Gasteiger partial charge in [-0.05, 0) is 25.8 Å². The molecule has 0 aliphatic heterocycles. The highest BCUT2D eigenvalue weighted by atomic mass is 16.4. The van der Waals surface area contributed by atoms with Crippen molar-refractivity contribution in [2.24, 2.45) is 10.9 Å². The van der Waals surface area contributed by atoms with E-state index in [1.807, 2.05) is 0 Å². The number of aromatic nitrogens is 1. The normalized spacial score (nSPS) is 17.1. The Morgan fingerprint density at radius 2 is 2.28 bits per heavy atom. The summed E-state index contributed by atoms with van der Waals surface area (Å²) in [6, 6.07) is 2.34. The van der Waals surface area contributed by atoms with E-state index in [9.17, 15) is 0 Å². The molecule has 1 saturated carbocycles. The second kappa shape index (κ2) is 5.71. The minimum absolute atomic E-state index is 0.142. The molecule has 1 aliphatic rings. The molecule has 0 radical (unpaired) electrons. The first-order chi connectivity index (χ1) is 8.77. The first-order valence-corrected chi connectivity index (χ1v) is 6.46. The molecule has 5 nitrogen and oxygen atoms in total. The van der Waals surface area contributed by atoms with Crippen LogP contribution in [0.1, 0.15) is 38.2 Å².